The van der Waals surface area contributed by atoms with Gasteiger partial charge >= 0.3 is 0 Å². The predicted octanol–water partition coefficient (Wildman–Crippen LogP) is 1.23. The van der Waals surface area contributed by atoms with Crippen molar-refractivity contribution in [1.29, 1.82) is 0 Å². The Hall–Kier alpha value is -0.330. The Morgan fingerprint density at radius 2 is 1.88 bits per heavy atom. The Balaban J connectivity index is 2.03. The van der Waals surface area contributed by atoms with Gasteiger partial charge in [-0.1, -0.05) is 6.42 Å². The fourth-order valence-electron chi connectivity index (χ4n) is 2.08. The summed E-state index contributed by atoms with van der Waals surface area (Å²) in [6.07, 6.45) is 5.18. The highest BCUT2D eigenvalue weighted by Gasteiger charge is 2.52. The molecular weight excluding hydrogens is 100 g/mol. The molecule has 2 unspecified atom stereocenters. The fourth-order valence-corrected chi connectivity index (χ4v) is 2.08. The Bertz CT molecular complexity index is 110. The smallest absolute Gasteiger partial charge is 0.123 e. The van der Waals surface area contributed by atoms with E-state index in [1.54, 1.807) is 0 Å². The van der Waals surface area contributed by atoms with Gasteiger partial charge in [0.15, 0.2) is 0 Å². The summed E-state index contributed by atoms with van der Waals surface area (Å²) >= 11 is 0. The number of hydrogen-bond acceptors (Lipinski definition) is 1. The Kier molecular flexibility index (Phi) is 0.758. The second-order valence-electron chi connectivity index (χ2n) is 2.97. The molecule has 0 aromatic rings. The van der Waals surface area contributed by atoms with E-state index in [-0.39, 0.29) is 0 Å². The highest BCUT2D eigenvalue weighted by molar-refractivity contribution is 5.59. The lowest BCUT2D eigenvalue weighted by molar-refractivity contribution is -0.109. The third-order valence-corrected chi connectivity index (χ3v) is 2.63. The molecular formula is C7H10O. The van der Waals surface area contributed by atoms with Crippen LogP contribution in [0.25, 0.3) is 0 Å². The number of aldehydes is 1. The Labute approximate surface area is 49.1 Å². The van der Waals surface area contributed by atoms with E-state index >= 15 is 0 Å². The molecule has 2 atom stereocenters. The van der Waals surface area contributed by atoms with Crippen LogP contribution >= 0.6 is 0 Å². The molecule has 2 rings (SSSR count). The van der Waals surface area contributed by atoms with Crippen molar-refractivity contribution in [3.8, 4) is 0 Å². The molecule has 1 heteroatoms. The number of carbonyl (C=O) groups is 1. The standard InChI is InChI=1S/C7H10O/c8-4-7-5-2-1-3-6(5)7/h4-7H,1-3H2. The van der Waals surface area contributed by atoms with Crippen molar-refractivity contribution in [2.45, 2.75) is 19.3 Å². The van der Waals surface area contributed by atoms with Crippen LogP contribution in [-0.4, -0.2) is 6.29 Å². The lowest BCUT2D eigenvalue weighted by atomic mass is 10.2. The summed E-state index contributed by atoms with van der Waals surface area (Å²) in [7, 11) is 0. The maximum absolute atomic E-state index is 10.2. The number of rotatable bonds is 1. The molecule has 2 aliphatic rings. The Morgan fingerprint density at radius 1 is 1.25 bits per heavy atom. The van der Waals surface area contributed by atoms with Crippen molar-refractivity contribution in [2.24, 2.45) is 17.8 Å². The third kappa shape index (κ3) is 0.396. The number of hydrogen-bond donors (Lipinski definition) is 0. The first-order valence-corrected chi connectivity index (χ1v) is 3.39. The normalized spacial score (nSPS) is 50.8. The van der Waals surface area contributed by atoms with E-state index in [0.717, 1.165) is 18.1 Å². The van der Waals surface area contributed by atoms with Gasteiger partial charge in [0.05, 0.1) is 0 Å². The molecule has 1 nitrogen and oxygen atoms in total. The van der Waals surface area contributed by atoms with Gasteiger partial charge in [0.2, 0.25) is 0 Å². The van der Waals surface area contributed by atoms with Crippen LogP contribution < -0.4 is 0 Å². The summed E-state index contributed by atoms with van der Waals surface area (Å²) in [5, 5.41) is 0. The molecule has 8 heavy (non-hydrogen) atoms. The minimum atomic E-state index is 0.490. The summed E-state index contributed by atoms with van der Waals surface area (Å²) < 4.78 is 0. The highest BCUT2D eigenvalue weighted by atomic mass is 16.1. The van der Waals surface area contributed by atoms with Gasteiger partial charge in [-0.3, -0.25) is 0 Å². The largest absolute Gasteiger partial charge is 0.303 e. The van der Waals surface area contributed by atoms with E-state index in [1.807, 2.05) is 0 Å². The van der Waals surface area contributed by atoms with E-state index < -0.39 is 0 Å². The average molecular weight is 110 g/mol. The van der Waals surface area contributed by atoms with Gasteiger partial charge in [-0.2, -0.15) is 0 Å². The third-order valence-electron chi connectivity index (χ3n) is 2.63. The van der Waals surface area contributed by atoms with Gasteiger partial charge in [-0.15, -0.1) is 0 Å². The molecule has 0 aromatic heterocycles. The highest BCUT2D eigenvalue weighted by Crippen LogP contribution is 2.56. The summed E-state index contributed by atoms with van der Waals surface area (Å²) in [6, 6.07) is 0. The van der Waals surface area contributed by atoms with Crippen LogP contribution in [-0.2, 0) is 4.79 Å². The number of carbonyl (C=O) groups excluding carboxylic acids is 1. The Morgan fingerprint density at radius 3 is 2.25 bits per heavy atom. The van der Waals surface area contributed by atoms with E-state index in [2.05, 4.69) is 0 Å². The first kappa shape index (κ1) is 4.54. The minimum Gasteiger partial charge on any atom is -0.303 e. The molecule has 0 saturated heterocycles. The molecule has 2 saturated carbocycles. The van der Waals surface area contributed by atoms with Crippen molar-refractivity contribution in [2.75, 3.05) is 0 Å². The summed E-state index contributed by atoms with van der Waals surface area (Å²) in [4.78, 5) is 10.2. The second-order valence-corrected chi connectivity index (χ2v) is 2.97. The summed E-state index contributed by atoms with van der Waals surface area (Å²) in [5.41, 5.74) is 0. The maximum atomic E-state index is 10.2. The first-order valence-electron chi connectivity index (χ1n) is 3.39. The van der Waals surface area contributed by atoms with Gasteiger partial charge in [-0.25, -0.2) is 0 Å². The van der Waals surface area contributed by atoms with Crippen LogP contribution in [0.15, 0.2) is 0 Å². The topological polar surface area (TPSA) is 17.1 Å². The van der Waals surface area contributed by atoms with E-state index in [0.29, 0.717) is 5.92 Å². The molecule has 0 N–H and O–H groups in total. The van der Waals surface area contributed by atoms with Crippen molar-refractivity contribution in [1.82, 2.24) is 0 Å². The van der Waals surface area contributed by atoms with E-state index in [1.165, 1.54) is 19.3 Å². The SMILES string of the molecule is O=CC1C2CCCC12. The molecule has 2 aliphatic carbocycles. The molecule has 0 bridgehead atoms. The van der Waals surface area contributed by atoms with Crippen molar-refractivity contribution < 1.29 is 4.79 Å². The zero-order valence-electron chi connectivity index (χ0n) is 4.84. The van der Waals surface area contributed by atoms with Crippen molar-refractivity contribution in [3.05, 3.63) is 0 Å². The fraction of sp³-hybridized carbons (Fsp3) is 0.857. The van der Waals surface area contributed by atoms with Crippen molar-refractivity contribution >= 4 is 6.29 Å². The monoisotopic (exact) mass is 110 g/mol. The van der Waals surface area contributed by atoms with Crippen molar-refractivity contribution in [3.63, 3.8) is 0 Å². The molecule has 0 spiro atoms. The second kappa shape index (κ2) is 1.34. The van der Waals surface area contributed by atoms with E-state index in [4.69, 9.17) is 0 Å². The van der Waals surface area contributed by atoms with Gasteiger partial charge in [0.1, 0.15) is 6.29 Å². The number of fused-ring (bicyclic) bond motifs is 1. The molecule has 44 valence electrons. The summed E-state index contributed by atoms with van der Waals surface area (Å²) in [5.74, 6) is 2.14. The molecule has 2 fully saturated rings. The van der Waals surface area contributed by atoms with Gasteiger partial charge in [0, 0.05) is 5.92 Å². The summed E-state index contributed by atoms with van der Waals surface area (Å²) in [6.45, 7) is 0. The predicted molar refractivity (Wildman–Crippen MR) is 30.4 cm³/mol. The average Bonchev–Trinajstić information content (AvgIpc) is 2.22. The van der Waals surface area contributed by atoms with Gasteiger partial charge in [-0.05, 0) is 24.7 Å². The minimum absolute atomic E-state index is 0.490. The molecule has 0 heterocycles. The van der Waals surface area contributed by atoms with Crippen LogP contribution in [0.4, 0.5) is 0 Å². The first-order chi connectivity index (χ1) is 3.93. The molecule has 0 radical (unpaired) electrons. The van der Waals surface area contributed by atoms with Gasteiger partial charge in [0.25, 0.3) is 0 Å². The zero-order valence-corrected chi connectivity index (χ0v) is 4.84. The van der Waals surface area contributed by atoms with Crippen LogP contribution in [0, 0.1) is 17.8 Å². The van der Waals surface area contributed by atoms with Crippen LogP contribution in [0.5, 0.6) is 0 Å². The van der Waals surface area contributed by atoms with Gasteiger partial charge < -0.3 is 4.79 Å². The quantitative estimate of drug-likeness (QED) is 0.464. The molecule has 0 amide bonds. The molecule has 0 aliphatic heterocycles. The molecule has 0 aromatic carbocycles. The van der Waals surface area contributed by atoms with Crippen LogP contribution in [0.3, 0.4) is 0 Å². The maximum Gasteiger partial charge on any atom is 0.123 e. The van der Waals surface area contributed by atoms with E-state index in [9.17, 15) is 4.79 Å². The lowest BCUT2D eigenvalue weighted by Crippen LogP contribution is -1.86. The lowest BCUT2D eigenvalue weighted by Gasteiger charge is -1.89. The van der Waals surface area contributed by atoms with Crippen LogP contribution in [0.2, 0.25) is 0 Å². The van der Waals surface area contributed by atoms with Crippen LogP contribution in [0.1, 0.15) is 19.3 Å². The zero-order chi connectivity index (χ0) is 5.56.